The van der Waals surface area contributed by atoms with Crippen molar-refractivity contribution in [3.05, 3.63) is 53.3 Å². The average Bonchev–Trinajstić information content (AvgIpc) is 2.44. The Morgan fingerprint density at radius 1 is 1.11 bits per heavy atom. The third kappa shape index (κ3) is 4.16. The van der Waals surface area contributed by atoms with Gasteiger partial charge in [-0.3, -0.25) is 0 Å². The zero-order valence-corrected chi connectivity index (χ0v) is 12.7. The summed E-state index contributed by atoms with van der Waals surface area (Å²) in [4.78, 5) is 2.24. The molecule has 0 saturated carbocycles. The number of ether oxygens (including phenoxy) is 1. The van der Waals surface area contributed by atoms with Crippen LogP contribution >= 0.6 is 0 Å². The Morgan fingerprint density at radius 3 is 2.26 bits per heavy atom. The summed E-state index contributed by atoms with van der Waals surface area (Å²) in [6.07, 6.45) is 4.04. The lowest BCUT2D eigenvalue weighted by Gasteiger charge is -2.30. The van der Waals surface area contributed by atoms with Crippen molar-refractivity contribution in [1.82, 2.24) is 0 Å². The highest BCUT2D eigenvalue weighted by molar-refractivity contribution is 5.49. The highest BCUT2D eigenvalue weighted by Crippen LogP contribution is 2.22. The molecule has 0 fully saturated rings. The number of benzene rings is 1. The highest BCUT2D eigenvalue weighted by atomic mass is 16.5. The number of allylic oxidation sites excluding steroid dienone is 2. The minimum Gasteiger partial charge on any atom is -0.473 e. The van der Waals surface area contributed by atoms with E-state index in [4.69, 9.17) is 4.74 Å². The van der Waals surface area contributed by atoms with Crippen LogP contribution in [0.4, 0.5) is 5.69 Å². The lowest BCUT2D eigenvalue weighted by Crippen LogP contribution is -2.32. The number of aryl methyl sites for hydroxylation is 1. The molecule has 0 aliphatic carbocycles. The first-order valence-electron chi connectivity index (χ1n) is 6.97. The summed E-state index contributed by atoms with van der Waals surface area (Å²) in [5.74, 6) is 1.01. The minimum atomic E-state index is 0.625. The van der Waals surface area contributed by atoms with Gasteiger partial charge in [0.1, 0.15) is 5.76 Å². The van der Waals surface area contributed by atoms with Crippen LogP contribution in [-0.2, 0) is 4.74 Å². The van der Waals surface area contributed by atoms with Crippen molar-refractivity contribution in [3.63, 3.8) is 0 Å². The van der Waals surface area contributed by atoms with Gasteiger partial charge in [-0.1, -0.05) is 37.6 Å². The third-order valence-corrected chi connectivity index (χ3v) is 2.94. The second kappa shape index (κ2) is 7.67. The van der Waals surface area contributed by atoms with Gasteiger partial charge in [0, 0.05) is 12.2 Å². The number of rotatable bonds is 2. The summed E-state index contributed by atoms with van der Waals surface area (Å²) in [7, 11) is 0. The van der Waals surface area contributed by atoms with Crippen molar-refractivity contribution in [2.75, 3.05) is 18.2 Å². The van der Waals surface area contributed by atoms with Gasteiger partial charge in [-0.15, -0.1) is 0 Å². The fourth-order valence-corrected chi connectivity index (χ4v) is 1.94. The van der Waals surface area contributed by atoms with Crippen LogP contribution in [0.5, 0.6) is 0 Å². The van der Waals surface area contributed by atoms with Crippen LogP contribution in [0.15, 0.2) is 47.7 Å². The number of hydrogen-bond acceptors (Lipinski definition) is 2. The molecule has 2 heteroatoms. The van der Waals surface area contributed by atoms with Crippen LogP contribution < -0.4 is 4.90 Å². The molecule has 1 heterocycles. The molecule has 0 saturated heterocycles. The molecule has 104 valence electrons. The summed E-state index contributed by atoms with van der Waals surface area (Å²) < 4.78 is 5.75. The van der Waals surface area contributed by atoms with Crippen LogP contribution in [-0.4, -0.2) is 13.3 Å². The predicted molar refractivity (Wildman–Crippen MR) is 83.3 cm³/mol. The first-order chi connectivity index (χ1) is 9.20. The molecular weight excluding hydrogens is 234 g/mol. The zero-order valence-electron chi connectivity index (χ0n) is 12.7. The fraction of sp³-hybridized carbons (Fsp3) is 0.412. The lowest BCUT2D eigenvalue weighted by molar-refractivity contribution is 0.207. The quantitative estimate of drug-likeness (QED) is 0.765. The van der Waals surface area contributed by atoms with E-state index >= 15 is 0 Å². The van der Waals surface area contributed by atoms with Gasteiger partial charge in [0.2, 0.25) is 0 Å². The maximum Gasteiger partial charge on any atom is 0.161 e. The zero-order chi connectivity index (χ0) is 14.3. The molecule has 1 aliphatic rings. The van der Waals surface area contributed by atoms with Crippen LogP contribution in [0.1, 0.15) is 33.3 Å². The molecule has 19 heavy (non-hydrogen) atoms. The van der Waals surface area contributed by atoms with Gasteiger partial charge in [-0.25, -0.2) is 0 Å². The largest absolute Gasteiger partial charge is 0.473 e. The Labute approximate surface area is 117 Å². The van der Waals surface area contributed by atoms with Crippen molar-refractivity contribution >= 4 is 5.69 Å². The van der Waals surface area contributed by atoms with Gasteiger partial charge in [0.25, 0.3) is 0 Å². The molecule has 0 aromatic heterocycles. The first kappa shape index (κ1) is 15.4. The summed E-state index contributed by atoms with van der Waals surface area (Å²) in [5, 5.41) is 0. The Kier molecular flexibility index (Phi) is 6.20. The molecule has 1 aliphatic heterocycles. The summed E-state index contributed by atoms with van der Waals surface area (Å²) >= 11 is 0. The minimum absolute atomic E-state index is 0.625. The van der Waals surface area contributed by atoms with Crippen molar-refractivity contribution in [2.45, 2.75) is 34.6 Å². The number of nitrogens with zero attached hydrogens (tertiary/aromatic N) is 1. The SMILES string of the molecule is C/C=C\C1=C(C)CN(c2ccc(C)cc2)CO1.CC. The Morgan fingerprint density at radius 2 is 1.74 bits per heavy atom. The number of hydrogen-bond donors (Lipinski definition) is 0. The van der Waals surface area contributed by atoms with E-state index in [1.807, 2.05) is 32.9 Å². The summed E-state index contributed by atoms with van der Waals surface area (Å²) in [6.45, 7) is 11.8. The smallest absolute Gasteiger partial charge is 0.161 e. The van der Waals surface area contributed by atoms with Crippen molar-refractivity contribution in [1.29, 1.82) is 0 Å². The molecule has 0 N–H and O–H groups in total. The first-order valence-corrected chi connectivity index (χ1v) is 6.97. The topological polar surface area (TPSA) is 12.5 Å². The van der Waals surface area contributed by atoms with E-state index in [9.17, 15) is 0 Å². The van der Waals surface area contributed by atoms with Crippen LogP contribution in [0, 0.1) is 6.92 Å². The molecule has 2 rings (SSSR count). The lowest BCUT2D eigenvalue weighted by atomic mass is 10.1. The maximum atomic E-state index is 5.75. The van der Waals surface area contributed by atoms with E-state index in [1.165, 1.54) is 16.8 Å². The van der Waals surface area contributed by atoms with E-state index in [-0.39, 0.29) is 0 Å². The number of anilines is 1. The van der Waals surface area contributed by atoms with Gasteiger partial charge < -0.3 is 9.64 Å². The summed E-state index contributed by atoms with van der Waals surface area (Å²) in [5.41, 5.74) is 3.78. The second-order valence-electron chi connectivity index (χ2n) is 4.45. The molecule has 1 aromatic rings. The van der Waals surface area contributed by atoms with E-state index in [0.29, 0.717) is 6.73 Å². The highest BCUT2D eigenvalue weighted by Gasteiger charge is 2.15. The summed E-state index contributed by atoms with van der Waals surface area (Å²) in [6, 6.07) is 8.56. The Bertz CT molecular complexity index is 443. The molecule has 0 bridgehead atoms. The normalized spacial score (nSPS) is 15.1. The van der Waals surface area contributed by atoms with Crippen molar-refractivity contribution in [2.24, 2.45) is 0 Å². The van der Waals surface area contributed by atoms with E-state index in [0.717, 1.165) is 12.3 Å². The molecule has 0 atom stereocenters. The van der Waals surface area contributed by atoms with Gasteiger partial charge in [0.05, 0.1) is 0 Å². The average molecular weight is 259 g/mol. The second-order valence-corrected chi connectivity index (χ2v) is 4.45. The van der Waals surface area contributed by atoms with E-state index in [1.54, 1.807) is 0 Å². The standard InChI is InChI=1S/C15H19NO.C2H6/c1-4-5-15-13(3)10-16(11-17-15)14-8-6-12(2)7-9-14;1-2/h4-9H,10-11H2,1-3H3;1-2H3/b5-4-;. The van der Waals surface area contributed by atoms with Crippen LogP contribution in [0.25, 0.3) is 0 Å². The van der Waals surface area contributed by atoms with Gasteiger partial charge in [-0.2, -0.15) is 0 Å². The third-order valence-electron chi connectivity index (χ3n) is 2.94. The molecule has 2 nitrogen and oxygen atoms in total. The maximum absolute atomic E-state index is 5.75. The molecule has 0 amide bonds. The van der Waals surface area contributed by atoms with Crippen molar-refractivity contribution < 1.29 is 4.74 Å². The molecular formula is C17H25NO. The monoisotopic (exact) mass is 259 g/mol. The van der Waals surface area contributed by atoms with Crippen molar-refractivity contribution in [3.8, 4) is 0 Å². The molecule has 0 unspecified atom stereocenters. The van der Waals surface area contributed by atoms with E-state index < -0.39 is 0 Å². The van der Waals surface area contributed by atoms with Crippen LogP contribution in [0.2, 0.25) is 0 Å². The van der Waals surface area contributed by atoms with Gasteiger partial charge in [0.15, 0.2) is 6.73 Å². The fourth-order valence-electron chi connectivity index (χ4n) is 1.94. The van der Waals surface area contributed by atoms with Gasteiger partial charge >= 0.3 is 0 Å². The molecule has 0 spiro atoms. The van der Waals surface area contributed by atoms with Crippen LogP contribution in [0.3, 0.4) is 0 Å². The Hall–Kier alpha value is -1.70. The molecule has 1 aromatic carbocycles. The van der Waals surface area contributed by atoms with E-state index in [2.05, 4.69) is 43.0 Å². The predicted octanol–water partition coefficient (Wildman–Crippen LogP) is 4.67. The Balaban J connectivity index is 0.000000861. The van der Waals surface area contributed by atoms with Gasteiger partial charge in [-0.05, 0) is 44.6 Å². The molecule has 0 radical (unpaired) electrons.